The fraction of sp³-hybridized carbons (Fsp3) is 0.105. The van der Waals surface area contributed by atoms with Crippen molar-refractivity contribution >= 4 is 22.6 Å². The number of nitrogens with zero attached hydrogens (tertiary/aromatic N) is 1. The highest BCUT2D eigenvalue weighted by molar-refractivity contribution is 5.95. The second kappa shape index (κ2) is 6.91. The van der Waals surface area contributed by atoms with Crippen molar-refractivity contribution in [3.05, 3.63) is 78.1 Å². The first-order chi connectivity index (χ1) is 11.6. The van der Waals surface area contributed by atoms with Crippen molar-refractivity contribution in [2.45, 2.75) is 12.5 Å². The van der Waals surface area contributed by atoms with Crippen LogP contribution in [0, 0.1) is 0 Å². The normalized spacial score (nSPS) is 11.8. The number of nitrogens with two attached hydrogens (primary N) is 1. The van der Waals surface area contributed by atoms with Crippen LogP contribution >= 0.6 is 0 Å². The zero-order valence-corrected chi connectivity index (χ0v) is 13.0. The number of nitrogens with one attached hydrogen (secondary N) is 1. The van der Waals surface area contributed by atoms with Gasteiger partial charge in [0.25, 0.3) is 5.91 Å². The third-order valence-electron chi connectivity index (χ3n) is 3.80. The van der Waals surface area contributed by atoms with Crippen molar-refractivity contribution in [3.63, 3.8) is 0 Å². The number of carbonyl (C=O) groups is 2. The van der Waals surface area contributed by atoms with Gasteiger partial charge < -0.3 is 11.1 Å². The van der Waals surface area contributed by atoms with Crippen LogP contribution in [0.5, 0.6) is 0 Å². The molecule has 1 atom stereocenters. The van der Waals surface area contributed by atoms with Gasteiger partial charge in [0.2, 0.25) is 5.91 Å². The second-order valence-electron chi connectivity index (χ2n) is 5.53. The van der Waals surface area contributed by atoms with Crippen LogP contribution in [-0.4, -0.2) is 22.8 Å². The Labute approximate surface area is 139 Å². The lowest BCUT2D eigenvalue weighted by molar-refractivity contribution is -0.119. The van der Waals surface area contributed by atoms with Crippen LogP contribution in [0.3, 0.4) is 0 Å². The highest BCUT2D eigenvalue weighted by Crippen LogP contribution is 2.16. The number of fused-ring (bicyclic) bond motifs is 1. The molecule has 0 saturated carbocycles. The van der Waals surface area contributed by atoms with E-state index in [0.29, 0.717) is 6.42 Å². The monoisotopic (exact) mass is 319 g/mol. The number of hydrogen-bond acceptors (Lipinski definition) is 3. The van der Waals surface area contributed by atoms with Crippen molar-refractivity contribution in [2.75, 3.05) is 0 Å². The Kier molecular flexibility index (Phi) is 4.52. The largest absolute Gasteiger partial charge is 0.368 e. The minimum Gasteiger partial charge on any atom is -0.368 e. The van der Waals surface area contributed by atoms with Crippen LogP contribution in [-0.2, 0) is 11.2 Å². The van der Waals surface area contributed by atoms with E-state index in [0.717, 1.165) is 16.3 Å². The maximum atomic E-state index is 12.2. The zero-order chi connectivity index (χ0) is 16.9. The summed E-state index contributed by atoms with van der Waals surface area (Å²) < 4.78 is 0. The van der Waals surface area contributed by atoms with E-state index in [9.17, 15) is 9.59 Å². The predicted molar refractivity (Wildman–Crippen MR) is 92.3 cm³/mol. The van der Waals surface area contributed by atoms with Crippen molar-refractivity contribution in [1.82, 2.24) is 10.3 Å². The Balaban J connectivity index is 1.78. The molecule has 5 heteroatoms. The smallest absolute Gasteiger partial charge is 0.270 e. The van der Waals surface area contributed by atoms with Crippen LogP contribution < -0.4 is 11.1 Å². The number of primary amides is 1. The van der Waals surface area contributed by atoms with E-state index >= 15 is 0 Å². The molecule has 1 heterocycles. The van der Waals surface area contributed by atoms with Gasteiger partial charge in [0.15, 0.2) is 0 Å². The van der Waals surface area contributed by atoms with Crippen molar-refractivity contribution in [2.24, 2.45) is 5.73 Å². The van der Waals surface area contributed by atoms with Crippen LogP contribution in [0.25, 0.3) is 10.8 Å². The molecule has 0 unspecified atom stereocenters. The molecule has 0 aliphatic heterocycles. The summed E-state index contributed by atoms with van der Waals surface area (Å²) in [6.45, 7) is 0. The van der Waals surface area contributed by atoms with E-state index in [-0.39, 0.29) is 5.69 Å². The summed E-state index contributed by atoms with van der Waals surface area (Å²) in [6.07, 6.45) is 1.86. The second-order valence-corrected chi connectivity index (χ2v) is 5.53. The first-order valence-electron chi connectivity index (χ1n) is 7.62. The van der Waals surface area contributed by atoms with Gasteiger partial charge in [0, 0.05) is 12.6 Å². The van der Waals surface area contributed by atoms with Crippen LogP contribution in [0.2, 0.25) is 0 Å². The van der Waals surface area contributed by atoms with E-state index in [4.69, 9.17) is 5.73 Å². The fourth-order valence-electron chi connectivity index (χ4n) is 2.55. The van der Waals surface area contributed by atoms with Gasteiger partial charge in [-0.05, 0) is 28.5 Å². The molecule has 2 aromatic carbocycles. The number of hydrogen-bond donors (Lipinski definition) is 2. The van der Waals surface area contributed by atoms with Gasteiger partial charge >= 0.3 is 0 Å². The Bertz CT molecular complexity index is 878. The SMILES string of the molecule is NC(=O)[C@H](Cc1ccc2ccccc2c1)NC(=O)c1ccccn1. The zero-order valence-electron chi connectivity index (χ0n) is 13.0. The summed E-state index contributed by atoms with van der Waals surface area (Å²) in [7, 11) is 0. The summed E-state index contributed by atoms with van der Waals surface area (Å²) in [6, 6.07) is 18.1. The molecule has 0 fully saturated rings. The van der Waals surface area contributed by atoms with Gasteiger partial charge in [-0.15, -0.1) is 0 Å². The molecule has 3 aromatic rings. The van der Waals surface area contributed by atoms with Gasteiger partial charge in [0.05, 0.1) is 0 Å². The summed E-state index contributed by atoms with van der Waals surface area (Å²) in [4.78, 5) is 27.9. The molecule has 2 amide bonds. The van der Waals surface area contributed by atoms with Crippen molar-refractivity contribution in [1.29, 1.82) is 0 Å². The Morgan fingerprint density at radius 3 is 2.46 bits per heavy atom. The molecule has 120 valence electrons. The maximum Gasteiger partial charge on any atom is 0.270 e. The predicted octanol–water partition coefficient (Wildman–Crippen LogP) is 2.06. The van der Waals surface area contributed by atoms with E-state index in [1.165, 1.54) is 6.20 Å². The van der Waals surface area contributed by atoms with E-state index in [1.807, 2.05) is 42.5 Å². The number of aromatic nitrogens is 1. The molecule has 0 aliphatic carbocycles. The summed E-state index contributed by atoms with van der Waals surface area (Å²) in [5.41, 5.74) is 6.63. The van der Waals surface area contributed by atoms with Crippen LogP contribution in [0.4, 0.5) is 0 Å². The number of amides is 2. The highest BCUT2D eigenvalue weighted by Gasteiger charge is 2.20. The molecular weight excluding hydrogens is 302 g/mol. The molecule has 0 saturated heterocycles. The van der Waals surface area contributed by atoms with Gasteiger partial charge in [-0.1, -0.05) is 48.5 Å². The quantitative estimate of drug-likeness (QED) is 0.755. The van der Waals surface area contributed by atoms with Crippen molar-refractivity contribution in [3.8, 4) is 0 Å². The number of benzene rings is 2. The fourth-order valence-corrected chi connectivity index (χ4v) is 2.55. The lowest BCUT2D eigenvalue weighted by Gasteiger charge is -2.15. The van der Waals surface area contributed by atoms with Crippen LogP contribution in [0.15, 0.2) is 66.9 Å². The van der Waals surface area contributed by atoms with E-state index in [1.54, 1.807) is 18.2 Å². The first kappa shape index (κ1) is 15.7. The lowest BCUT2D eigenvalue weighted by atomic mass is 10.0. The molecular formula is C19H17N3O2. The summed E-state index contributed by atoms with van der Waals surface area (Å²) in [5.74, 6) is -0.993. The minimum absolute atomic E-state index is 0.252. The van der Waals surface area contributed by atoms with Gasteiger partial charge in [-0.25, -0.2) is 0 Å². The summed E-state index contributed by atoms with van der Waals surface area (Å²) in [5, 5.41) is 4.85. The van der Waals surface area contributed by atoms with Gasteiger partial charge in [0.1, 0.15) is 11.7 Å². The molecule has 3 rings (SSSR count). The minimum atomic E-state index is -0.791. The molecule has 1 aromatic heterocycles. The van der Waals surface area contributed by atoms with Gasteiger partial charge in [-0.2, -0.15) is 0 Å². The average molecular weight is 319 g/mol. The average Bonchev–Trinajstić information content (AvgIpc) is 2.61. The Morgan fingerprint density at radius 2 is 1.75 bits per heavy atom. The maximum absolute atomic E-state index is 12.2. The molecule has 0 aliphatic rings. The van der Waals surface area contributed by atoms with Crippen LogP contribution in [0.1, 0.15) is 16.1 Å². The third kappa shape index (κ3) is 3.57. The lowest BCUT2D eigenvalue weighted by Crippen LogP contribution is -2.46. The molecule has 24 heavy (non-hydrogen) atoms. The van der Waals surface area contributed by atoms with Gasteiger partial charge in [-0.3, -0.25) is 14.6 Å². The molecule has 3 N–H and O–H groups in total. The van der Waals surface area contributed by atoms with E-state index < -0.39 is 17.9 Å². The molecule has 5 nitrogen and oxygen atoms in total. The molecule has 0 spiro atoms. The number of pyridine rings is 1. The molecule has 0 radical (unpaired) electrons. The summed E-state index contributed by atoms with van der Waals surface area (Å²) >= 11 is 0. The number of rotatable bonds is 5. The Morgan fingerprint density at radius 1 is 1.00 bits per heavy atom. The van der Waals surface area contributed by atoms with E-state index in [2.05, 4.69) is 10.3 Å². The molecule has 0 bridgehead atoms. The number of carbonyl (C=O) groups excluding carboxylic acids is 2. The first-order valence-corrected chi connectivity index (χ1v) is 7.62. The van der Waals surface area contributed by atoms with Crippen molar-refractivity contribution < 1.29 is 9.59 Å². The Hall–Kier alpha value is -3.21. The highest BCUT2D eigenvalue weighted by atomic mass is 16.2. The standard InChI is InChI=1S/C19H17N3O2/c20-18(23)17(22-19(24)16-7-3-4-10-21-16)12-13-8-9-14-5-1-2-6-15(14)11-13/h1-11,17H,12H2,(H2,20,23)(H,22,24)/t17-/m0/s1. The topological polar surface area (TPSA) is 85.1 Å². The third-order valence-corrected chi connectivity index (χ3v) is 3.80.